The van der Waals surface area contributed by atoms with Gasteiger partial charge in [0, 0.05) is 10.9 Å². The van der Waals surface area contributed by atoms with Gasteiger partial charge >= 0.3 is 0 Å². The third-order valence-electron chi connectivity index (χ3n) is 4.38. The Labute approximate surface area is 126 Å². The average Bonchev–Trinajstić information content (AvgIpc) is 2.55. The molecule has 5 heteroatoms. The highest BCUT2D eigenvalue weighted by molar-refractivity contribution is 5.98. The van der Waals surface area contributed by atoms with Crippen molar-refractivity contribution in [1.82, 2.24) is 4.57 Å². The molecule has 1 aliphatic heterocycles. The molecule has 0 aliphatic carbocycles. The van der Waals surface area contributed by atoms with Crippen molar-refractivity contribution in [3.8, 4) is 5.75 Å². The molecule has 0 fully saturated rings. The summed E-state index contributed by atoms with van der Waals surface area (Å²) in [5.41, 5.74) is 1.82. The lowest BCUT2D eigenvalue weighted by atomic mass is 9.94. The minimum absolute atomic E-state index is 0.121. The molecule has 2 atom stereocenters. The molecule has 2 heterocycles. The highest BCUT2D eigenvalue weighted by Crippen LogP contribution is 2.36. The van der Waals surface area contributed by atoms with Crippen LogP contribution in [-0.4, -0.2) is 28.0 Å². The van der Waals surface area contributed by atoms with Crippen LogP contribution in [0.5, 0.6) is 5.75 Å². The van der Waals surface area contributed by atoms with Crippen molar-refractivity contribution >= 4 is 21.8 Å². The molecule has 0 bridgehead atoms. The molecule has 4 rings (SSSR count). The highest BCUT2D eigenvalue weighted by atomic mass is 16.5. The molecule has 1 aromatic heterocycles. The van der Waals surface area contributed by atoms with E-state index in [-0.39, 0.29) is 12.0 Å². The Bertz CT molecular complexity index is 960. The highest BCUT2D eigenvalue weighted by Gasteiger charge is 2.30. The summed E-state index contributed by atoms with van der Waals surface area (Å²) in [5.74, 6) is 0.479. The van der Waals surface area contributed by atoms with Crippen LogP contribution in [0.4, 0.5) is 0 Å². The van der Waals surface area contributed by atoms with E-state index >= 15 is 0 Å². The van der Waals surface area contributed by atoms with E-state index in [2.05, 4.69) is 0 Å². The van der Waals surface area contributed by atoms with Crippen LogP contribution in [0.15, 0.2) is 41.2 Å². The van der Waals surface area contributed by atoms with Crippen LogP contribution < -0.4 is 10.2 Å². The standard InChI is InChI=1S/C17H15NO4/c1-22-13-7-6-10-15-14(13)17(21)9-4-2-3-5-11(9)18(15)8-12(19)16(10)20/h2-7,12,16,19-20H,8H2,1H3. The largest absolute Gasteiger partial charge is 0.496 e. The molecule has 0 saturated heterocycles. The molecular weight excluding hydrogens is 282 g/mol. The number of para-hydroxylation sites is 1. The summed E-state index contributed by atoms with van der Waals surface area (Å²) in [6.07, 6.45) is -1.91. The molecule has 0 spiro atoms. The Kier molecular flexibility index (Phi) is 2.76. The minimum Gasteiger partial charge on any atom is -0.496 e. The fourth-order valence-electron chi connectivity index (χ4n) is 3.35. The lowest BCUT2D eigenvalue weighted by Crippen LogP contribution is -2.31. The molecule has 2 unspecified atom stereocenters. The van der Waals surface area contributed by atoms with Gasteiger partial charge in [0.1, 0.15) is 18.0 Å². The van der Waals surface area contributed by atoms with Gasteiger partial charge in [-0.2, -0.15) is 0 Å². The van der Waals surface area contributed by atoms with Crippen LogP contribution in [-0.2, 0) is 6.54 Å². The number of pyridine rings is 1. The number of hydrogen-bond acceptors (Lipinski definition) is 4. The summed E-state index contributed by atoms with van der Waals surface area (Å²) in [4.78, 5) is 12.9. The van der Waals surface area contributed by atoms with Crippen molar-refractivity contribution in [3.05, 3.63) is 52.2 Å². The maximum atomic E-state index is 12.9. The lowest BCUT2D eigenvalue weighted by Gasteiger charge is -2.30. The van der Waals surface area contributed by atoms with Gasteiger partial charge in [-0.1, -0.05) is 18.2 Å². The van der Waals surface area contributed by atoms with E-state index in [1.54, 1.807) is 18.2 Å². The van der Waals surface area contributed by atoms with E-state index in [4.69, 9.17) is 4.74 Å². The zero-order valence-corrected chi connectivity index (χ0v) is 12.0. The predicted octanol–water partition coefficient (Wildman–Crippen LogP) is 1.57. The van der Waals surface area contributed by atoms with Gasteiger partial charge in [0.15, 0.2) is 0 Å². The quantitative estimate of drug-likeness (QED) is 0.669. The second kappa shape index (κ2) is 4.56. The van der Waals surface area contributed by atoms with Crippen molar-refractivity contribution in [2.45, 2.75) is 18.8 Å². The Morgan fingerprint density at radius 3 is 2.73 bits per heavy atom. The maximum Gasteiger partial charge on any atom is 0.200 e. The minimum atomic E-state index is -1.01. The summed E-state index contributed by atoms with van der Waals surface area (Å²) < 4.78 is 7.23. The Morgan fingerprint density at radius 2 is 1.95 bits per heavy atom. The van der Waals surface area contributed by atoms with Crippen molar-refractivity contribution in [2.24, 2.45) is 0 Å². The molecule has 22 heavy (non-hydrogen) atoms. The van der Waals surface area contributed by atoms with E-state index in [9.17, 15) is 15.0 Å². The lowest BCUT2D eigenvalue weighted by molar-refractivity contribution is 0.00495. The van der Waals surface area contributed by atoms with Gasteiger partial charge in [-0.25, -0.2) is 0 Å². The van der Waals surface area contributed by atoms with E-state index in [0.717, 1.165) is 5.52 Å². The van der Waals surface area contributed by atoms with Crippen LogP contribution in [0.2, 0.25) is 0 Å². The topological polar surface area (TPSA) is 71.7 Å². The third-order valence-corrected chi connectivity index (χ3v) is 4.38. The molecule has 112 valence electrons. The first-order valence-corrected chi connectivity index (χ1v) is 7.11. The molecule has 0 amide bonds. The molecule has 1 aliphatic rings. The first-order valence-electron chi connectivity index (χ1n) is 7.11. The molecule has 2 aromatic carbocycles. The molecular formula is C17H15NO4. The number of aliphatic hydroxyl groups is 2. The molecule has 5 nitrogen and oxygen atoms in total. The van der Waals surface area contributed by atoms with Crippen LogP contribution in [0.1, 0.15) is 11.7 Å². The molecule has 2 N–H and O–H groups in total. The monoisotopic (exact) mass is 297 g/mol. The van der Waals surface area contributed by atoms with Crippen molar-refractivity contribution in [2.75, 3.05) is 7.11 Å². The Balaban J connectivity index is 2.32. The summed E-state index contributed by atoms with van der Waals surface area (Å²) >= 11 is 0. The number of benzene rings is 2. The predicted molar refractivity (Wildman–Crippen MR) is 83.2 cm³/mol. The number of aliphatic hydroxyl groups excluding tert-OH is 2. The van der Waals surface area contributed by atoms with Crippen LogP contribution >= 0.6 is 0 Å². The first kappa shape index (κ1) is 13.3. The van der Waals surface area contributed by atoms with Crippen LogP contribution in [0.3, 0.4) is 0 Å². The Morgan fingerprint density at radius 1 is 1.18 bits per heavy atom. The fraction of sp³-hybridized carbons (Fsp3) is 0.235. The molecule has 0 radical (unpaired) electrons. The SMILES string of the molecule is COc1ccc2c3c1c(=O)c1ccccc1n3CC(O)C2O. The maximum absolute atomic E-state index is 12.9. The number of hydrogen-bond donors (Lipinski definition) is 2. The molecule has 0 saturated carbocycles. The summed E-state index contributed by atoms with van der Waals surface area (Å²) in [6, 6.07) is 10.7. The van der Waals surface area contributed by atoms with Gasteiger partial charge in [0.2, 0.25) is 5.43 Å². The van der Waals surface area contributed by atoms with E-state index in [0.29, 0.717) is 27.6 Å². The van der Waals surface area contributed by atoms with Gasteiger partial charge in [0.05, 0.1) is 30.1 Å². The fourth-order valence-corrected chi connectivity index (χ4v) is 3.35. The second-order valence-corrected chi connectivity index (χ2v) is 5.55. The first-order chi connectivity index (χ1) is 10.6. The van der Waals surface area contributed by atoms with E-state index < -0.39 is 12.2 Å². The van der Waals surface area contributed by atoms with Gasteiger partial charge in [-0.05, 0) is 18.2 Å². The average molecular weight is 297 g/mol. The van der Waals surface area contributed by atoms with Crippen molar-refractivity contribution < 1.29 is 14.9 Å². The van der Waals surface area contributed by atoms with Gasteiger partial charge in [-0.15, -0.1) is 0 Å². The van der Waals surface area contributed by atoms with E-state index in [1.807, 2.05) is 22.8 Å². The number of rotatable bonds is 1. The number of aromatic nitrogens is 1. The second-order valence-electron chi connectivity index (χ2n) is 5.55. The number of ether oxygens (including phenoxy) is 1. The normalized spacial score (nSPS) is 20.5. The third kappa shape index (κ3) is 1.58. The van der Waals surface area contributed by atoms with E-state index in [1.165, 1.54) is 7.11 Å². The number of methoxy groups -OCH3 is 1. The molecule has 3 aromatic rings. The zero-order valence-electron chi connectivity index (χ0n) is 12.0. The van der Waals surface area contributed by atoms with Crippen molar-refractivity contribution in [1.29, 1.82) is 0 Å². The smallest absolute Gasteiger partial charge is 0.200 e. The summed E-state index contributed by atoms with van der Waals surface area (Å²) in [7, 11) is 1.52. The summed E-state index contributed by atoms with van der Waals surface area (Å²) in [5, 5.41) is 21.4. The zero-order chi connectivity index (χ0) is 15.4. The number of fused-ring (bicyclic) bond motifs is 2. The van der Waals surface area contributed by atoms with Gasteiger partial charge in [0.25, 0.3) is 0 Å². The Hall–Kier alpha value is -2.37. The van der Waals surface area contributed by atoms with Crippen molar-refractivity contribution in [3.63, 3.8) is 0 Å². The van der Waals surface area contributed by atoms with Crippen LogP contribution in [0, 0.1) is 0 Å². The number of nitrogens with zero attached hydrogens (tertiary/aromatic N) is 1. The summed E-state index contributed by atoms with van der Waals surface area (Å²) in [6.45, 7) is 0.235. The van der Waals surface area contributed by atoms with Gasteiger partial charge in [-0.3, -0.25) is 4.79 Å². The van der Waals surface area contributed by atoms with Gasteiger partial charge < -0.3 is 19.5 Å². The van der Waals surface area contributed by atoms with Crippen LogP contribution in [0.25, 0.3) is 21.8 Å².